The molecule has 2 fully saturated rings. The van der Waals surface area contributed by atoms with Crippen LogP contribution in [0.4, 0.5) is 17.8 Å². The molecule has 3 rings (SSSR count). The van der Waals surface area contributed by atoms with Crippen molar-refractivity contribution in [1.29, 1.82) is 0 Å². The van der Waals surface area contributed by atoms with Crippen LogP contribution in [0.5, 0.6) is 0 Å². The molecule has 2 unspecified atom stereocenters. The van der Waals surface area contributed by atoms with Gasteiger partial charge in [0.05, 0.1) is 12.2 Å². The molecule has 0 spiro atoms. The lowest BCUT2D eigenvalue weighted by Crippen LogP contribution is -2.46. The van der Waals surface area contributed by atoms with Crippen molar-refractivity contribution in [1.82, 2.24) is 15.0 Å². The van der Waals surface area contributed by atoms with Crippen molar-refractivity contribution in [2.75, 3.05) is 41.7 Å². The summed E-state index contributed by atoms with van der Waals surface area (Å²) in [5.41, 5.74) is 5.86. The van der Waals surface area contributed by atoms with Crippen molar-refractivity contribution in [2.45, 2.75) is 38.9 Å². The van der Waals surface area contributed by atoms with E-state index in [0.717, 1.165) is 26.2 Å². The normalized spacial score (nSPS) is 27.1. The molecule has 2 aliphatic rings. The Morgan fingerprint density at radius 1 is 0.950 bits per heavy atom. The molecular formula is C13H22N6O. The fourth-order valence-corrected chi connectivity index (χ4v) is 2.91. The largest absolute Gasteiger partial charge is 0.372 e. The van der Waals surface area contributed by atoms with Gasteiger partial charge in [0.2, 0.25) is 17.8 Å². The molecule has 2 N–H and O–H groups in total. The maximum Gasteiger partial charge on any atom is 0.232 e. The molecule has 3 heterocycles. The van der Waals surface area contributed by atoms with Crippen LogP contribution in [0, 0.1) is 0 Å². The Bertz CT molecular complexity index is 466. The topological polar surface area (TPSA) is 80.4 Å². The molecule has 0 amide bonds. The summed E-state index contributed by atoms with van der Waals surface area (Å²) >= 11 is 0. The van der Waals surface area contributed by atoms with E-state index >= 15 is 0 Å². The van der Waals surface area contributed by atoms with Gasteiger partial charge in [-0.05, 0) is 26.7 Å². The van der Waals surface area contributed by atoms with Crippen LogP contribution < -0.4 is 15.5 Å². The molecule has 20 heavy (non-hydrogen) atoms. The standard InChI is InChI=1S/C13H22N6O/c1-9-7-19(8-10(2)20-9)13-16-11(14)15-12(17-13)18-5-3-4-6-18/h9-10H,3-8H2,1-2H3,(H2,14,15,16,17). The van der Waals surface area contributed by atoms with Crippen molar-refractivity contribution in [3.8, 4) is 0 Å². The molecule has 7 heteroatoms. The van der Waals surface area contributed by atoms with E-state index in [2.05, 4.69) is 38.6 Å². The number of aromatic nitrogens is 3. The number of nitrogens with zero attached hydrogens (tertiary/aromatic N) is 5. The third-order valence-corrected chi connectivity index (χ3v) is 3.72. The first-order valence-corrected chi connectivity index (χ1v) is 7.29. The Labute approximate surface area is 119 Å². The number of nitrogen functional groups attached to an aromatic ring is 1. The Hall–Kier alpha value is -1.63. The number of nitrogens with two attached hydrogens (primary N) is 1. The molecule has 0 aliphatic carbocycles. The van der Waals surface area contributed by atoms with Crippen LogP contribution in [-0.4, -0.2) is 53.3 Å². The number of hydrogen-bond donors (Lipinski definition) is 1. The Morgan fingerprint density at radius 2 is 1.50 bits per heavy atom. The SMILES string of the molecule is CC1CN(c2nc(N)nc(N3CCCC3)n2)CC(C)O1. The highest BCUT2D eigenvalue weighted by atomic mass is 16.5. The van der Waals surface area contributed by atoms with Crippen LogP contribution in [-0.2, 0) is 4.74 Å². The van der Waals surface area contributed by atoms with Crippen LogP contribution in [0.2, 0.25) is 0 Å². The number of hydrogen-bond acceptors (Lipinski definition) is 7. The minimum absolute atomic E-state index is 0.173. The summed E-state index contributed by atoms with van der Waals surface area (Å²) < 4.78 is 5.74. The molecule has 2 atom stereocenters. The second-order valence-electron chi connectivity index (χ2n) is 5.65. The lowest BCUT2D eigenvalue weighted by Gasteiger charge is -2.35. The molecule has 7 nitrogen and oxygen atoms in total. The van der Waals surface area contributed by atoms with E-state index < -0.39 is 0 Å². The zero-order valence-electron chi connectivity index (χ0n) is 12.1. The Balaban J connectivity index is 1.85. The maximum absolute atomic E-state index is 5.86. The Kier molecular flexibility index (Phi) is 3.60. The van der Waals surface area contributed by atoms with E-state index in [1.54, 1.807) is 0 Å². The predicted molar refractivity (Wildman–Crippen MR) is 77.9 cm³/mol. The second kappa shape index (κ2) is 5.40. The molecule has 110 valence electrons. The smallest absolute Gasteiger partial charge is 0.232 e. The van der Waals surface area contributed by atoms with Gasteiger partial charge in [-0.25, -0.2) is 0 Å². The molecular weight excluding hydrogens is 256 g/mol. The molecule has 2 aliphatic heterocycles. The molecule has 1 aromatic rings. The van der Waals surface area contributed by atoms with Crippen LogP contribution >= 0.6 is 0 Å². The molecule has 0 radical (unpaired) electrons. The van der Waals surface area contributed by atoms with E-state index in [1.165, 1.54) is 12.8 Å². The first kappa shape index (κ1) is 13.4. The van der Waals surface area contributed by atoms with E-state index in [1.807, 2.05) is 0 Å². The van der Waals surface area contributed by atoms with Crippen LogP contribution in [0.3, 0.4) is 0 Å². The number of morpholine rings is 1. The van der Waals surface area contributed by atoms with Gasteiger partial charge in [0, 0.05) is 26.2 Å². The van der Waals surface area contributed by atoms with Crippen molar-refractivity contribution in [3.63, 3.8) is 0 Å². The van der Waals surface area contributed by atoms with Crippen LogP contribution in [0.15, 0.2) is 0 Å². The quantitative estimate of drug-likeness (QED) is 0.851. The first-order chi connectivity index (χ1) is 9.61. The first-order valence-electron chi connectivity index (χ1n) is 7.29. The number of rotatable bonds is 2. The van der Waals surface area contributed by atoms with Gasteiger partial charge in [-0.2, -0.15) is 15.0 Å². The average molecular weight is 278 g/mol. The lowest BCUT2D eigenvalue weighted by atomic mass is 10.2. The van der Waals surface area contributed by atoms with Crippen molar-refractivity contribution < 1.29 is 4.74 Å². The van der Waals surface area contributed by atoms with E-state index in [9.17, 15) is 0 Å². The van der Waals surface area contributed by atoms with Gasteiger partial charge in [-0.1, -0.05) is 0 Å². The third-order valence-electron chi connectivity index (χ3n) is 3.72. The lowest BCUT2D eigenvalue weighted by molar-refractivity contribution is -0.00572. The van der Waals surface area contributed by atoms with E-state index in [4.69, 9.17) is 10.5 Å². The van der Waals surface area contributed by atoms with Gasteiger partial charge >= 0.3 is 0 Å². The summed E-state index contributed by atoms with van der Waals surface area (Å²) in [4.78, 5) is 17.5. The zero-order valence-corrected chi connectivity index (χ0v) is 12.1. The highest BCUT2D eigenvalue weighted by Gasteiger charge is 2.26. The molecule has 0 aromatic carbocycles. The van der Waals surface area contributed by atoms with Crippen molar-refractivity contribution in [3.05, 3.63) is 0 Å². The monoisotopic (exact) mass is 278 g/mol. The Morgan fingerprint density at radius 3 is 2.10 bits per heavy atom. The molecule has 1 aromatic heterocycles. The van der Waals surface area contributed by atoms with Crippen LogP contribution in [0.25, 0.3) is 0 Å². The minimum Gasteiger partial charge on any atom is -0.372 e. The van der Waals surface area contributed by atoms with E-state index in [0.29, 0.717) is 17.8 Å². The molecule has 0 bridgehead atoms. The van der Waals surface area contributed by atoms with Gasteiger partial charge in [-0.3, -0.25) is 0 Å². The van der Waals surface area contributed by atoms with E-state index in [-0.39, 0.29) is 12.2 Å². The summed E-state index contributed by atoms with van der Waals surface area (Å²) in [6.07, 6.45) is 2.72. The summed E-state index contributed by atoms with van der Waals surface area (Å²) in [6.45, 7) is 7.70. The maximum atomic E-state index is 5.86. The van der Waals surface area contributed by atoms with Crippen LogP contribution in [0.1, 0.15) is 26.7 Å². The molecule has 0 saturated carbocycles. The third kappa shape index (κ3) is 2.77. The highest BCUT2D eigenvalue weighted by Crippen LogP contribution is 2.21. The number of anilines is 3. The average Bonchev–Trinajstić information content (AvgIpc) is 2.90. The zero-order chi connectivity index (χ0) is 14.1. The van der Waals surface area contributed by atoms with Gasteiger partial charge in [0.15, 0.2) is 0 Å². The van der Waals surface area contributed by atoms with Crippen molar-refractivity contribution in [2.24, 2.45) is 0 Å². The summed E-state index contributed by atoms with van der Waals surface area (Å²) in [5, 5.41) is 0. The second-order valence-corrected chi connectivity index (χ2v) is 5.65. The number of ether oxygens (including phenoxy) is 1. The molecule has 2 saturated heterocycles. The summed E-state index contributed by atoms with van der Waals surface area (Å²) in [7, 11) is 0. The van der Waals surface area contributed by atoms with Gasteiger partial charge in [-0.15, -0.1) is 0 Å². The minimum atomic E-state index is 0.173. The van der Waals surface area contributed by atoms with Gasteiger partial charge in [0.1, 0.15) is 0 Å². The highest BCUT2D eigenvalue weighted by molar-refractivity contribution is 5.44. The van der Waals surface area contributed by atoms with Crippen molar-refractivity contribution >= 4 is 17.8 Å². The fraction of sp³-hybridized carbons (Fsp3) is 0.769. The predicted octanol–water partition coefficient (Wildman–Crippen LogP) is 0.668. The van der Waals surface area contributed by atoms with Gasteiger partial charge < -0.3 is 20.3 Å². The summed E-state index contributed by atoms with van der Waals surface area (Å²) in [5.74, 6) is 1.67. The van der Waals surface area contributed by atoms with Gasteiger partial charge in [0.25, 0.3) is 0 Å². The summed E-state index contributed by atoms with van der Waals surface area (Å²) in [6, 6.07) is 0. The fourth-order valence-electron chi connectivity index (χ4n) is 2.91.